The minimum absolute atomic E-state index is 0.0442. The van der Waals surface area contributed by atoms with Crippen molar-refractivity contribution in [3.05, 3.63) is 76.0 Å². The topological polar surface area (TPSA) is 136 Å². The smallest absolute Gasteiger partial charge is 0.410 e. The van der Waals surface area contributed by atoms with Crippen molar-refractivity contribution in [2.24, 2.45) is 11.8 Å². The van der Waals surface area contributed by atoms with Crippen LogP contribution in [0.15, 0.2) is 48.8 Å². The van der Waals surface area contributed by atoms with Gasteiger partial charge in [-0.2, -0.15) is 19.4 Å². The number of ether oxygens (including phenoxy) is 3. The molecule has 11 nitrogen and oxygen atoms in total. The second-order valence-electron chi connectivity index (χ2n) is 9.42. The van der Waals surface area contributed by atoms with Gasteiger partial charge in [-0.15, -0.1) is 0 Å². The van der Waals surface area contributed by atoms with Gasteiger partial charge in [0.05, 0.1) is 35.6 Å². The number of piperidine rings is 1. The molecule has 5 rings (SSSR count). The summed E-state index contributed by atoms with van der Waals surface area (Å²) < 4.78 is 33.1. The number of fused-ring (bicyclic) bond motifs is 2. The first-order valence-corrected chi connectivity index (χ1v) is 12.7. The number of amides is 1. The van der Waals surface area contributed by atoms with Gasteiger partial charge in [-0.05, 0) is 35.9 Å². The summed E-state index contributed by atoms with van der Waals surface area (Å²) in [7, 11) is 0. The highest BCUT2D eigenvalue weighted by Gasteiger charge is 2.44. The molecule has 0 radical (unpaired) electrons. The van der Waals surface area contributed by atoms with Crippen LogP contribution >= 0.6 is 11.6 Å². The van der Waals surface area contributed by atoms with E-state index >= 15 is 4.39 Å². The zero-order valence-electron chi connectivity index (χ0n) is 21.1. The molecule has 0 saturated carbocycles. The molecule has 2 unspecified atom stereocenters. The van der Waals surface area contributed by atoms with Gasteiger partial charge in [0.2, 0.25) is 11.5 Å². The van der Waals surface area contributed by atoms with Crippen LogP contribution in [-0.4, -0.2) is 64.8 Å². The van der Waals surface area contributed by atoms with Gasteiger partial charge in [-0.25, -0.2) is 9.78 Å². The quantitative estimate of drug-likeness (QED) is 0.191. The van der Waals surface area contributed by atoms with E-state index in [0.29, 0.717) is 48.0 Å². The molecule has 1 N–H and O–H groups in total. The average molecular weight is 567 g/mol. The van der Waals surface area contributed by atoms with E-state index in [4.69, 9.17) is 31.1 Å². The fourth-order valence-corrected chi connectivity index (χ4v) is 4.93. The zero-order valence-corrected chi connectivity index (χ0v) is 21.9. The van der Waals surface area contributed by atoms with Gasteiger partial charge in [-0.3, -0.25) is 0 Å². The maximum Gasteiger partial charge on any atom is 0.410 e. The van der Waals surface area contributed by atoms with Crippen LogP contribution in [-0.2, 0) is 16.1 Å². The van der Waals surface area contributed by atoms with Crippen LogP contribution in [0, 0.1) is 34.2 Å². The second kappa shape index (κ2) is 11.7. The number of nitriles is 1. The molecule has 2 aromatic carbocycles. The molecule has 3 heterocycles. The average Bonchev–Trinajstić information content (AvgIpc) is 2.94. The summed E-state index contributed by atoms with van der Waals surface area (Å²) in [5.74, 6) is -1.64. The minimum Gasteiger partial charge on any atom is -0.619 e. The molecule has 2 saturated heterocycles. The van der Waals surface area contributed by atoms with Crippen LogP contribution in [0.5, 0.6) is 5.88 Å². The summed E-state index contributed by atoms with van der Waals surface area (Å²) in [4.78, 5) is 22.4. The Morgan fingerprint density at radius 3 is 2.62 bits per heavy atom. The molecule has 40 heavy (non-hydrogen) atoms. The van der Waals surface area contributed by atoms with E-state index in [9.17, 15) is 10.0 Å². The maximum absolute atomic E-state index is 15.4. The number of nitrogens with zero attached hydrogens (tertiary/aromatic N) is 5. The molecule has 2 bridgehead atoms. The van der Waals surface area contributed by atoms with Crippen molar-refractivity contribution in [3.8, 4) is 11.9 Å². The largest absolute Gasteiger partial charge is 0.619 e. The molecule has 2 aliphatic heterocycles. The van der Waals surface area contributed by atoms with Crippen LogP contribution in [0.4, 0.5) is 26.4 Å². The van der Waals surface area contributed by atoms with Gasteiger partial charge >= 0.3 is 6.09 Å². The van der Waals surface area contributed by atoms with Gasteiger partial charge in [0.1, 0.15) is 25.8 Å². The Balaban J connectivity index is 1.23. The number of nitrogens with one attached hydrogen (secondary N) is 1. The Labute approximate surface area is 234 Å². The molecule has 1 aromatic heterocycles. The molecule has 2 fully saturated rings. The first kappa shape index (κ1) is 27.1. The monoisotopic (exact) mass is 566 g/mol. The molecule has 1 amide bonds. The van der Waals surface area contributed by atoms with Crippen LogP contribution in [0.1, 0.15) is 11.1 Å². The molecule has 0 spiro atoms. The van der Waals surface area contributed by atoms with Crippen molar-refractivity contribution in [3.63, 3.8) is 0 Å². The van der Waals surface area contributed by atoms with Crippen molar-refractivity contribution in [2.45, 2.75) is 12.7 Å². The third-order valence-corrected chi connectivity index (χ3v) is 7.02. The van der Waals surface area contributed by atoms with E-state index in [2.05, 4.69) is 22.0 Å². The van der Waals surface area contributed by atoms with Crippen LogP contribution in [0.2, 0.25) is 5.02 Å². The number of likely N-dealkylation sites (tertiary alicyclic amines) is 1. The molecular weight excluding hydrogens is 543 g/mol. The van der Waals surface area contributed by atoms with E-state index < -0.39 is 18.0 Å². The van der Waals surface area contributed by atoms with Crippen LogP contribution in [0.3, 0.4) is 0 Å². The Kier molecular flexibility index (Phi) is 7.95. The van der Waals surface area contributed by atoms with Gasteiger partial charge in [0.25, 0.3) is 5.88 Å². The SMILES string of the molecule is C=[N+]([O-])c1ccc(COC(=O)N2CC3COCC(C2)C3Oc2ncnc(Nc3ccc(C#N)cc3Cl)c2F)cc1. The van der Waals surface area contributed by atoms with Crippen molar-refractivity contribution in [1.82, 2.24) is 14.9 Å². The molecule has 13 heteroatoms. The normalized spacial score (nSPS) is 19.8. The summed E-state index contributed by atoms with van der Waals surface area (Å²) >= 11 is 6.20. The molecule has 206 valence electrons. The van der Waals surface area contributed by atoms with E-state index in [0.717, 1.165) is 5.56 Å². The summed E-state index contributed by atoms with van der Waals surface area (Å²) in [5, 5.41) is 23.3. The Hall–Kier alpha value is -4.47. The highest BCUT2D eigenvalue weighted by molar-refractivity contribution is 6.33. The lowest BCUT2D eigenvalue weighted by molar-refractivity contribution is -0.349. The Morgan fingerprint density at radius 1 is 1.25 bits per heavy atom. The molecule has 0 aliphatic carbocycles. The number of benzene rings is 2. The van der Waals surface area contributed by atoms with Crippen LogP contribution in [0.25, 0.3) is 0 Å². The van der Waals surface area contributed by atoms with Crippen molar-refractivity contribution in [1.29, 1.82) is 5.26 Å². The van der Waals surface area contributed by atoms with Gasteiger partial charge < -0.3 is 29.6 Å². The maximum atomic E-state index is 15.4. The lowest BCUT2D eigenvalue weighted by Crippen LogP contribution is -2.58. The standard InChI is InChI=1S/C27H24ClFN6O5/c1-34(37)20-5-2-16(3-6-20)12-39-27(36)35-10-18-13-38-14-19(11-35)24(18)40-26-23(29)25(31-15-32-26)33-22-7-4-17(9-30)8-21(22)28/h2-8,15,18-19,24H,1,10-14H2,(H,31,32,33). The van der Waals surface area contributed by atoms with Crippen molar-refractivity contribution in [2.75, 3.05) is 31.6 Å². The molecule has 2 atom stereocenters. The van der Waals surface area contributed by atoms with E-state index in [1.165, 1.54) is 12.4 Å². The third-order valence-electron chi connectivity index (χ3n) is 6.70. The van der Waals surface area contributed by atoms with E-state index in [-0.39, 0.29) is 35.2 Å². The van der Waals surface area contributed by atoms with E-state index in [1.807, 2.05) is 6.07 Å². The Bertz CT molecular complexity index is 1450. The number of aromatic nitrogens is 2. The summed E-state index contributed by atoms with van der Waals surface area (Å²) in [6.45, 7) is 4.57. The van der Waals surface area contributed by atoms with Crippen molar-refractivity contribution >= 4 is 41.6 Å². The summed E-state index contributed by atoms with van der Waals surface area (Å²) in [6.07, 6.45) is 0.245. The first-order chi connectivity index (χ1) is 19.3. The van der Waals surface area contributed by atoms with Gasteiger partial charge in [-0.1, -0.05) is 11.6 Å². The highest BCUT2D eigenvalue weighted by Crippen LogP contribution is 2.34. The fraction of sp³-hybridized carbons (Fsp3) is 0.296. The minimum atomic E-state index is -0.797. The number of hydrogen-bond donors (Lipinski definition) is 1. The fourth-order valence-electron chi connectivity index (χ4n) is 4.70. The predicted octanol–water partition coefficient (Wildman–Crippen LogP) is 4.39. The van der Waals surface area contributed by atoms with Crippen molar-refractivity contribution < 1.29 is 28.1 Å². The number of carbonyl (C=O) groups excluding carboxylic acids is 1. The molecule has 2 aliphatic rings. The number of anilines is 2. The van der Waals surface area contributed by atoms with Crippen LogP contribution < -0.4 is 10.1 Å². The highest BCUT2D eigenvalue weighted by atomic mass is 35.5. The molecular formula is C27H24ClFN6O5. The third kappa shape index (κ3) is 5.90. The number of hydrogen-bond acceptors (Lipinski definition) is 9. The van der Waals surface area contributed by atoms with Gasteiger partial charge in [0.15, 0.2) is 5.82 Å². The zero-order chi connectivity index (χ0) is 28.2. The summed E-state index contributed by atoms with van der Waals surface area (Å²) in [5.41, 5.74) is 1.86. The summed E-state index contributed by atoms with van der Waals surface area (Å²) in [6, 6.07) is 13.1. The lowest BCUT2D eigenvalue weighted by atomic mass is 9.84. The number of carbonyl (C=O) groups is 1. The Morgan fingerprint density at radius 2 is 1.98 bits per heavy atom. The number of halogens is 2. The number of rotatable bonds is 7. The molecule has 3 aromatic rings. The predicted molar refractivity (Wildman–Crippen MR) is 142 cm³/mol. The first-order valence-electron chi connectivity index (χ1n) is 12.3. The van der Waals surface area contributed by atoms with Gasteiger partial charge in [0, 0.05) is 37.1 Å². The second-order valence-corrected chi connectivity index (χ2v) is 9.82. The lowest BCUT2D eigenvalue weighted by Gasteiger charge is -2.45. The van der Waals surface area contributed by atoms with E-state index in [1.54, 1.807) is 41.3 Å².